The topological polar surface area (TPSA) is 68.9 Å². The van der Waals surface area contributed by atoms with Crippen molar-refractivity contribution < 1.29 is 4.79 Å². The maximum Gasteiger partial charge on any atom is 0.188 e. The normalized spacial score (nSPS) is 12.7. The summed E-state index contributed by atoms with van der Waals surface area (Å²) in [5.74, 6) is -0.00722. The smallest absolute Gasteiger partial charge is 0.188 e. The minimum Gasteiger partial charge on any atom is -0.322 e. The van der Waals surface area contributed by atoms with Gasteiger partial charge in [0.1, 0.15) is 15.7 Å². The summed E-state index contributed by atoms with van der Waals surface area (Å²) >= 11 is 2.98. The van der Waals surface area contributed by atoms with Gasteiger partial charge in [-0.05, 0) is 19.1 Å². The number of para-hydroxylation sites is 1. The third kappa shape index (κ3) is 2.63. The molecule has 102 valence electrons. The molecule has 20 heavy (non-hydrogen) atoms. The van der Waals surface area contributed by atoms with Crippen LogP contribution < -0.4 is 5.73 Å². The molecular formula is C14H13N3OS2. The van der Waals surface area contributed by atoms with Gasteiger partial charge >= 0.3 is 0 Å². The first-order valence-electron chi connectivity index (χ1n) is 6.22. The number of ketones is 1. The van der Waals surface area contributed by atoms with Gasteiger partial charge in [-0.25, -0.2) is 9.97 Å². The standard InChI is InChI=1S/C14H13N3OS2/c1-8(15)14-17-10(7-19-14)11(18)6-13-16-9-4-2-3-5-12(9)20-13/h2-5,7-8H,6,15H2,1H3. The van der Waals surface area contributed by atoms with Crippen LogP contribution >= 0.6 is 22.7 Å². The molecule has 0 spiro atoms. The zero-order valence-electron chi connectivity index (χ0n) is 10.9. The Balaban J connectivity index is 1.80. The van der Waals surface area contributed by atoms with E-state index in [1.165, 1.54) is 11.3 Å². The van der Waals surface area contributed by atoms with Gasteiger partial charge in [0, 0.05) is 5.38 Å². The third-order valence-electron chi connectivity index (χ3n) is 2.85. The minimum atomic E-state index is -0.135. The van der Waals surface area contributed by atoms with Crippen LogP contribution in [0.25, 0.3) is 10.2 Å². The van der Waals surface area contributed by atoms with E-state index < -0.39 is 0 Å². The number of fused-ring (bicyclic) bond motifs is 1. The zero-order chi connectivity index (χ0) is 14.1. The molecule has 6 heteroatoms. The lowest BCUT2D eigenvalue weighted by Crippen LogP contribution is -2.07. The van der Waals surface area contributed by atoms with Crippen molar-refractivity contribution in [3.05, 3.63) is 45.4 Å². The molecule has 0 saturated carbocycles. The first-order valence-corrected chi connectivity index (χ1v) is 7.92. The first-order chi connectivity index (χ1) is 9.63. The van der Waals surface area contributed by atoms with Crippen molar-refractivity contribution in [2.45, 2.75) is 19.4 Å². The van der Waals surface area contributed by atoms with Crippen LogP contribution in [-0.4, -0.2) is 15.8 Å². The Morgan fingerprint density at radius 2 is 2.15 bits per heavy atom. The average Bonchev–Trinajstić information content (AvgIpc) is 3.04. The fourth-order valence-electron chi connectivity index (χ4n) is 1.85. The SMILES string of the molecule is CC(N)c1nc(C(=O)Cc2nc3ccccc3s2)cs1. The molecule has 2 heterocycles. The molecule has 3 rings (SSSR count). The third-order valence-corrected chi connectivity index (χ3v) is 4.93. The lowest BCUT2D eigenvalue weighted by Gasteiger charge is -1.97. The van der Waals surface area contributed by atoms with E-state index in [0.29, 0.717) is 12.1 Å². The van der Waals surface area contributed by atoms with E-state index in [4.69, 9.17) is 5.73 Å². The molecule has 1 unspecified atom stereocenters. The Bertz CT molecular complexity index is 727. The van der Waals surface area contributed by atoms with Gasteiger partial charge in [0.15, 0.2) is 5.78 Å². The Labute approximate surface area is 124 Å². The van der Waals surface area contributed by atoms with Crippen molar-refractivity contribution in [2.24, 2.45) is 5.73 Å². The Morgan fingerprint density at radius 1 is 1.35 bits per heavy atom. The monoisotopic (exact) mass is 303 g/mol. The largest absolute Gasteiger partial charge is 0.322 e. The molecule has 1 aromatic carbocycles. The summed E-state index contributed by atoms with van der Waals surface area (Å²) in [6, 6.07) is 7.75. The van der Waals surface area contributed by atoms with Crippen molar-refractivity contribution >= 4 is 38.7 Å². The van der Waals surface area contributed by atoms with Crippen molar-refractivity contribution in [1.82, 2.24) is 9.97 Å². The maximum absolute atomic E-state index is 12.2. The van der Waals surface area contributed by atoms with Crippen LogP contribution in [0, 0.1) is 0 Å². The Kier molecular flexibility index (Phi) is 3.60. The number of carbonyl (C=O) groups excluding carboxylic acids is 1. The summed E-state index contributed by atoms with van der Waals surface area (Å²) < 4.78 is 1.10. The van der Waals surface area contributed by atoms with Crippen LogP contribution in [0.1, 0.15) is 33.5 Å². The van der Waals surface area contributed by atoms with Gasteiger partial charge in [-0.15, -0.1) is 22.7 Å². The number of carbonyl (C=O) groups is 1. The van der Waals surface area contributed by atoms with E-state index in [0.717, 1.165) is 20.2 Å². The highest BCUT2D eigenvalue weighted by molar-refractivity contribution is 7.18. The van der Waals surface area contributed by atoms with E-state index >= 15 is 0 Å². The minimum absolute atomic E-state index is 0.00722. The fourth-order valence-corrected chi connectivity index (χ4v) is 3.60. The van der Waals surface area contributed by atoms with Crippen LogP contribution in [0.15, 0.2) is 29.6 Å². The van der Waals surface area contributed by atoms with Crippen molar-refractivity contribution in [2.75, 3.05) is 0 Å². The summed E-state index contributed by atoms with van der Waals surface area (Å²) in [6.45, 7) is 1.86. The predicted octanol–water partition coefficient (Wildman–Crippen LogP) is 3.20. The van der Waals surface area contributed by atoms with Gasteiger partial charge in [0.2, 0.25) is 0 Å². The molecule has 1 atom stereocenters. The van der Waals surface area contributed by atoms with Crippen LogP contribution in [-0.2, 0) is 6.42 Å². The summed E-state index contributed by atoms with van der Waals surface area (Å²) in [4.78, 5) is 20.9. The second-order valence-corrected chi connectivity index (χ2v) is 6.54. The molecule has 0 radical (unpaired) electrons. The highest BCUT2D eigenvalue weighted by Crippen LogP contribution is 2.23. The number of nitrogens with two attached hydrogens (primary N) is 1. The van der Waals surface area contributed by atoms with Gasteiger partial charge in [0.25, 0.3) is 0 Å². The lowest BCUT2D eigenvalue weighted by atomic mass is 10.2. The summed E-state index contributed by atoms with van der Waals surface area (Å²) in [5, 5.41) is 3.39. The molecule has 2 aromatic heterocycles. The Morgan fingerprint density at radius 3 is 2.85 bits per heavy atom. The van der Waals surface area contributed by atoms with Gasteiger partial charge in [-0.1, -0.05) is 12.1 Å². The molecule has 0 amide bonds. The van der Waals surface area contributed by atoms with Crippen molar-refractivity contribution in [1.29, 1.82) is 0 Å². The molecule has 3 aromatic rings. The highest BCUT2D eigenvalue weighted by Gasteiger charge is 2.15. The van der Waals surface area contributed by atoms with Crippen LogP contribution in [0.3, 0.4) is 0 Å². The highest BCUT2D eigenvalue weighted by atomic mass is 32.1. The lowest BCUT2D eigenvalue weighted by molar-refractivity contribution is 0.0988. The van der Waals surface area contributed by atoms with E-state index in [-0.39, 0.29) is 11.8 Å². The van der Waals surface area contributed by atoms with Crippen LogP contribution in [0.2, 0.25) is 0 Å². The molecule has 2 N–H and O–H groups in total. The fraction of sp³-hybridized carbons (Fsp3) is 0.214. The molecule has 0 fully saturated rings. The summed E-state index contributed by atoms with van der Waals surface area (Å²) in [6.07, 6.45) is 0.293. The second-order valence-electron chi connectivity index (χ2n) is 4.53. The van der Waals surface area contributed by atoms with Crippen LogP contribution in [0.5, 0.6) is 0 Å². The van der Waals surface area contributed by atoms with E-state index in [9.17, 15) is 4.79 Å². The van der Waals surface area contributed by atoms with E-state index in [2.05, 4.69) is 9.97 Å². The first kappa shape index (κ1) is 13.4. The van der Waals surface area contributed by atoms with Crippen LogP contribution in [0.4, 0.5) is 0 Å². The maximum atomic E-state index is 12.2. The average molecular weight is 303 g/mol. The van der Waals surface area contributed by atoms with Gasteiger partial charge in [-0.3, -0.25) is 4.79 Å². The summed E-state index contributed by atoms with van der Waals surface area (Å²) in [7, 11) is 0. The molecule has 0 aliphatic rings. The number of nitrogens with zero attached hydrogens (tertiary/aromatic N) is 2. The number of benzene rings is 1. The molecule has 0 bridgehead atoms. The molecule has 4 nitrogen and oxygen atoms in total. The van der Waals surface area contributed by atoms with E-state index in [1.54, 1.807) is 16.7 Å². The number of hydrogen-bond acceptors (Lipinski definition) is 6. The number of hydrogen-bond donors (Lipinski definition) is 1. The Hall–Kier alpha value is -1.63. The second kappa shape index (κ2) is 5.40. The predicted molar refractivity (Wildman–Crippen MR) is 82.4 cm³/mol. The molecular weight excluding hydrogens is 290 g/mol. The van der Waals surface area contributed by atoms with Crippen molar-refractivity contribution in [3.63, 3.8) is 0 Å². The van der Waals surface area contributed by atoms with Gasteiger partial charge < -0.3 is 5.73 Å². The molecule has 0 saturated heterocycles. The zero-order valence-corrected chi connectivity index (χ0v) is 12.5. The van der Waals surface area contributed by atoms with Gasteiger partial charge in [0.05, 0.1) is 22.7 Å². The number of rotatable bonds is 4. The van der Waals surface area contributed by atoms with Gasteiger partial charge in [-0.2, -0.15) is 0 Å². The quantitative estimate of drug-likeness (QED) is 0.751. The summed E-state index contributed by atoms with van der Waals surface area (Å²) in [5.41, 5.74) is 7.18. The van der Waals surface area contributed by atoms with Crippen molar-refractivity contribution in [3.8, 4) is 0 Å². The number of aromatic nitrogens is 2. The molecule has 0 aliphatic heterocycles. The van der Waals surface area contributed by atoms with E-state index in [1.807, 2.05) is 31.2 Å². The number of Topliss-reactive ketones (excluding diaryl/α,β-unsaturated/α-hetero) is 1. The number of thiazole rings is 2. The molecule has 0 aliphatic carbocycles.